The maximum Gasteiger partial charge on any atom is 0.347 e. The van der Waals surface area contributed by atoms with E-state index in [4.69, 9.17) is 9.79 Å². The second kappa shape index (κ2) is 3.90. The van der Waals surface area contributed by atoms with Gasteiger partial charge in [-0.2, -0.15) is 4.89 Å². The van der Waals surface area contributed by atoms with Crippen molar-refractivity contribution in [2.75, 3.05) is 0 Å². The molecule has 0 amide bonds. The Hall–Kier alpha value is 1.87. The van der Waals surface area contributed by atoms with Crippen molar-refractivity contribution in [3.63, 3.8) is 0 Å². The molecule has 0 aliphatic carbocycles. The molecule has 0 heterocycles. The molecule has 2 nitrogen and oxygen atoms in total. The Labute approximate surface area is 65.5 Å². The van der Waals surface area contributed by atoms with Crippen LogP contribution in [0.1, 0.15) is 0 Å². The number of hydrogen-bond acceptors (Lipinski definition) is 1. The lowest BCUT2D eigenvalue weighted by Crippen LogP contribution is -1.51. The molecule has 0 aliphatic rings. The summed E-state index contributed by atoms with van der Waals surface area (Å²) in [7, 11) is -1.10. The van der Waals surface area contributed by atoms with Crippen LogP contribution in [-0.4, -0.2) is 9.79 Å². The highest BCUT2D eigenvalue weighted by molar-refractivity contribution is 8.87. The minimum Gasteiger partial charge on any atom is -0.322 e. The van der Waals surface area contributed by atoms with Crippen LogP contribution in [-0.2, 0) is 11.8 Å². The van der Waals surface area contributed by atoms with Gasteiger partial charge in [-0.25, -0.2) is 0 Å². The van der Waals surface area contributed by atoms with E-state index in [2.05, 4.69) is 36.3 Å². The third-order valence-corrected chi connectivity index (χ3v) is 14.0. The minimum absolute atomic E-state index is 0.441. The van der Waals surface area contributed by atoms with E-state index < -0.39 is 12.3 Å². The minimum atomic E-state index is -2.70. The summed E-state index contributed by atoms with van der Waals surface area (Å²) in [6.45, 7) is 0. The molecular formula is H4O2P3S3+. The Kier molecular flexibility index (Phi) is 4.81. The van der Waals surface area contributed by atoms with Crippen LogP contribution in [0.2, 0.25) is 0 Å². The third-order valence-electron chi connectivity index (χ3n) is 0.313. The average Bonchev–Trinajstić information content (AvgIpc) is 1.62. The summed E-state index contributed by atoms with van der Waals surface area (Å²) >= 11 is 11.8. The van der Waals surface area contributed by atoms with Gasteiger partial charge in [0, 0.05) is 0 Å². The zero-order valence-electron chi connectivity index (χ0n) is 3.54. The predicted octanol–water partition coefficient (Wildman–Crippen LogP) is 2.23. The SMILES string of the molecule is O[P+](=PS)P(O)(=S)S. The number of rotatable bonds is 1. The van der Waals surface area contributed by atoms with Gasteiger partial charge in [0.1, 0.15) is 0 Å². The van der Waals surface area contributed by atoms with Gasteiger partial charge in [0.15, 0.2) is 0 Å². The van der Waals surface area contributed by atoms with Crippen molar-refractivity contribution in [1.82, 2.24) is 0 Å². The second-order valence-electron chi connectivity index (χ2n) is 0.871. The molecule has 0 fully saturated rings. The van der Waals surface area contributed by atoms with Crippen molar-refractivity contribution >= 4 is 55.7 Å². The molecule has 2 unspecified atom stereocenters. The van der Waals surface area contributed by atoms with E-state index in [1.165, 1.54) is 0 Å². The predicted molar refractivity (Wildman–Crippen MR) is 50.5 cm³/mol. The molecule has 2 N–H and O–H groups in total. The summed E-state index contributed by atoms with van der Waals surface area (Å²) in [5.41, 5.74) is 0. The van der Waals surface area contributed by atoms with Crippen molar-refractivity contribution in [3.05, 3.63) is 0 Å². The summed E-state index contributed by atoms with van der Waals surface area (Å²) in [5.74, 6) is 0. The van der Waals surface area contributed by atoms with E-state index in [-0.39, 0.29) is 0 Å². The van der Waals surface area contributed by atoms with Gasteiger partial charge in [0.05, 0.1) is 0 Å². The quantitative estimate of drug-likeness (QED) is 0.408. The lowest BCUT2D eigenvalue weighted by molar-refractivity contribution is 0.629. The average molecular weight is 225 g/mol. The Morgan fingerprint density at radius 2 is 2.12 bits per heavy atom. The van der Waals surface area contributed by atoms with E-state index in [0.29, 0.717) is 7.07 Å². The van der Waals surface area contributed by atoms with Crippen molar-refractivity contribution < 1.29 is 9.79 Å². The molecule has 0 spiro atoms. The van der Waals surface area contributed by atoms with Crippen LogP contribution in [0.25, 0.3) is 0 Å². The molecule has 0 saturated carbocycles. The first kappa shape index (κ1) is 9.87. The fraction of sp³-hybridized carbons (Fsp3) is 0. The molecule has 0 bridgehead atoms. The highest BCUT2D eigenvalue weighted by Gasteiger charge is 2.25. The van der Waals surface area contributed by atoms with E-state index in [9.17, 15) is 0 Å². The molecule has 2 atom stereocenters. The fourth-order valence-electron chi connectivity index (χ4n) is 0.0521. The zero-order chi connectivity index (χ0) is 6.78. The molecule has 0 radical (unpaired) electrons. The smallest absolute Gasteiger partial charge is 0.322 e. The molecule has 0 aromatic carbocycles. The number of thiol groups is 2. The van der Waals surface area contributed by atoms with Crippen LogP contribution in [0.15, 0.2) is 0 Å². The summed E-state index contributed by atoms with van der Waals surface area (Å²) in [4.78, 5) is 17.6. The van der Waals surface area contributed by atoms with Crippen molar-refractivity contribution in [2.45, 2.75) is 0 Å². The fourth-order valence-corrected chi connectivity index (χ4v) is 9.76. The van der Waals surface area contributed by atoms with Crippen molar-refractivity contribution in [2.24, 2.45) is 0 Å². The Morgan fingerprint density at radius 3 is 2.12 bits per heavy atom. The second-order valence-corrected chi connectivity index (χ2v) is 15.6. The van der Waals surface area contributed by atoms with Crippen LogP contribution < -0.4 is 0 Å². The standard InChI is InChI=1S/H3O2P3S3/c1-4(3-6)5(2,7)8/h(H3-,1,2,6,7,8)/p+1. The van der Waals surface area contributed by atoms with Crippen LogP contribution in [0.5, 0.6) is 0 Å². The molecule has 8 heavy (non-hydrogen) atoms. The lowest BCUT2D eigenvalue weighted by atomic mass is 15.9. The lowest BCUT2D eigenvalue weighted by Gasteiger charge is -1.88. The Balaban J connectivity index is 4.27. The topological polar surface area (TPSA) is 40.5 Å². The first-order valence-electron chi connectivity index (χ1n) is 1.38. The molecule has 48 valence electrons. The van der Waals surface area contributed by atoms with Crippen LogP contribution in [0, 0.1) is 0 Å². The van der Waals surface area contributed by atoms with E-state index in [1.54, 1.807) is 0 Å². The zero-order valence-corrected chi connectivity index (χ0v) is 8.83. The van der Waals surface area contributed by atoms with Gasteiger partial charge in [-0.05, 0) is 11.8 Å². The van der Waals surface area contributed by atoms with Gasteiger partial charge in [0.2, 0.25) is 7.07 Å². The molecule has 0 rings (SSSR count). The highest BCUT2D eigenvalue weighted by atomic mass is 33.1. The molecule has 0 saturated heterocycles. The highest BCUT2D eigenvalue weighted by Crippen LogP contribution is 2.72. The Bertz CT molecular complexity index is 145. The molecule has 8 heteroatoms. The molecule has 0 aromatic heterocycles. The summed E-state index contributed by atoms with van der Waals surface area (Å²) in [6, 6.07) is 0. The summed E-state index contributed by atoms with van der Waals surface area (Å²) in [6.07, 6.45) is 0. The van der Waals surface area contributed by atoms with E-state index >= 15 is 0 Å². The van der Waals surface area contributed by atoms with Gasteiger partial charge in [-0.15, -0.1) is 0 Å². The third kappa shape index (κ3) is 3.81. The van der Waals surface area contributed by atoms with E-state index in [0.717, 1.165) is 0 Å². The first-order valence-corrected chi connectivity index (χ1v) is 10.0. The van der Waals surface area contributed by atoms with Crippen molar-refractivity contribution in [1.29, 1.82) is 0 Å². The maximum absolute atomic E-state index is 8.80. The number of hydrogen-bond donors (Lipinski definition) is 4. The van der Waals surface area contributed by atoms with Crippen LogP contribution in [0.3, 0.4) is 0 Å². The van der Waals surface area contributed by atoms with Gasteiger partial charge >= 0.3 is 12.3 Å². The largest absolute Gasteiger partial charge is 0.347 e. The summed E-state index contributed by atoms with van der Waals surface area (Å²) in [5, 5.41) is -2.70. The van der Waals surface area contributed by atoms with Gasteiger partial charge < -0.3 is 4.89 Å². The van der Waals surface area contributed by atoms with Crippen LogP contribution in [0.4, 0.5) is 0 Å². The molecule has 0 aliphatic heterocycles. The van der Waals surface area contributed by atoms with Gasteiger partial charge in [-0.3, -0.25) is 0 Å². The first-order chi connectivity index (χ1) is 3.48. The summed E-state index contributed by atoms with van der Waals surface area (Å²) < 4.78 is 0. The molecule has 0 aromatic rings. The van der Waals surface area contributed by atoms with Crippen molar-refractivity contribution in [3.8, 4) is 0 Å². The Morgan fingerprint density at radius 1 is 1.75 bits per heavy atom. The van der Waals surface area contributed by atoms with Crippen LogP contribution >= 0.6 is 43.8 Å². The monoisotopic (exact) mass is 225 g/mol. The van der Waals surface area contributed by atoms with Gasteiger partial charge in [0.25, 0.3) is 0 Å². The van der Waals surface area contributed by atoms with E-state index in [1.807, 2.05) is 0 Å². The van der Waals surface area contributed by atoms with Gasteiger partial charge in [-0.1, -0.05) is 24.5 Å². The normalized spacial score (nSPS) is 20.2. The molecular weight excluding hydrogens is 221 g/mol. The maximum atomic E-state index is 8.80.